The van der Waals surface area contributed by atoms with Crippen LogP contribution in [0, 0.1) is 0 Å². The van der Waals surface area contributed by atoms with Gasteiger partial charge in [0.15, 0.2) is 0 Å². The Bertz CT molecular complexity index is 138. The highest BCUT2D eigenvalue weighted by atomic mass is 16.7. The molecule has 1 saturated heterocycles. The standard InChI is InChI=1S/C10H22N2O2/c1-13-9-10(5-4-6-11)12-7-2-3-8-14-12/h10H,2-9,11H2,1H3. The van der Waals surface area contributed by atoms with E-state index in [4.69, 9.17) is 15.3 Å². The van der Waals surface area contributed by atoms with Crippen molar-refractivity contribution < 1.29 is 9.57 Å². The molecular formula is C10H22N2O2. The topological polar surface area (TPSA) is 47.7 Å². The number of rotatable bonds is 6. The fraction of sp³-hybridized carbons (Fsp3) is 1.00. The first-order valence-corrected chi connectivity index (χ1v) is 5.47. The van der Waals surface area contributed by atoms with Crippen LogP contribution in [0.3, 0.4) is 0 Å². The van der Waals surface area contributed by atoms with Crippen molar-refractivity contribution in [3.63, 3.8) is 0 Å². The zero-order valence-corrected chi connectivity index (χ0v) is 9.08. The Morgan fingerprint density at radius 3 is 2.93 bits per heavy atom. The highest BCUT2D eigenvalue weighted by molar-refractivity contribution is 4.68. The summed E-state index contributed by atoms with van der Waals surface area (Å²) in [5.41, 5.74) is 5.50. The monoisotopic (exact) mass is 202 g/mol. The summed E-state index contributed by atoms with van der Waals surface area (Å²) in [5, 5.41) is 2.07. The molecule has 14 heavy (non-hydrogen) atoms. The molecule has 1 fully saturated rings. The van der Waals surface area contributed by atoms with Crippen LogP contribution in [0.25, 0.3) is 0 Å². The van der Waals surface area contributed by atoms with Crippen molar-refractivity contribution in [3.8, 4) is 0 Å². The molecule has 1 heterocycles. The molecule has 1 aliphatic heterocycles. The highest BCUT2D eigenvalue weighted by Crippen LogP contribution is 2.14. The molecule has 84 valence electrons. The molecule has 1 aliphatic rings. The van der Waals surface area contributed by atoms with Gasteiger partial charge in [0.1, 0.15) is 0 Å². The Kier molecular flexibility index (Phi) is 6.10. The summed E-state index contributed by atoms with van der Waals surface area (Å²) >= 11 is 0. The lowest BCUT2D eigenvalue weighted by molar-refractivity contribution is -0.215. The predicted octanol–water partition coefficient (Wildman–Crippen LogP) is 0.768. The van der Waals surface area contributed by atoms with Gasteiger partial charge in [-0.05, 0) is 32.2 Å². The minimum atomic E-state index is 0.379. The Balaban J connectivity index is 2.30. The molecule has 0 spiro atoms. The minimum Gasteiger partial charge on any atom is -0.383 e. The highest BCUT2D eigenvalue weighted by Gasteiger charge is 2.20. The molecule has 2 N–H and O–H groups in total. The first-order valence-electron chi connectivity index (χ1n) is 5.47. The quantitative estimate of drug-likeness (QED) is 0.691. The maximum atomic E-state index is 5.60. The Hall–Kier alpha value is -0.160. The second kappa shape index (κ2) is 7.17. The summed E-state index contributed by atoms with van der Waals surface area (Å²) in [6, 6.07) is 0.379. The Morgan fingerprint density at radius 2 is 2.36 bits per heavy atom. The van der Waals surface area contributed by atoms with Crippen molar-refractivity contribution in [1.82, 2.24) is 5.06 Å². The van der Waals surface area contributed by atoms with Crippen LogP contribution < -0.4 is 5.73 Å². The molecule has 0 aromatic heterocycles. The smallest absolute Gasteiger partial charge is 0.0685 e. The molecule has 0 radical (unpaired) electrons. The largest absolute Gasteiger partial charge is 0.383 e. The van der Waals surface area contributed by atoms with Gasteiger partial charge in [-0.25, -0.2) is 0 Å². The third-order valence-corrected chi connectivity index (χ3v) is 2.54. The number of methoxy groups -OCH3 is 1. The molecule has 0 bridgehead atoms. The van der Waals surface area contributed by atoms with E-state index in [-0.39, 0.29) is 0 Å². The van der Waals surface area contributed by atoms with Crippen molar-refractivity contribution >= 4 is 0 Å². The molecular weight excluding hydrogens is 180 g/mol. The average molecular weight is 202 g/mol. The van der Waals surface area contributed by atoms with Crippen LogP contribution in [-0.4, -0.2) is 44.5 Å². The van der Waals surface area contributed by atoms with E-state index in [0.717, 1.165) is 39.1 Å². The van der Waals surface area contributed by atoms with Gasteiger partial charge in [-0.1, -0.05) is 0 Å². The van der Waals surface area contributed by atoms with Gasteiger partial charge in [0.05, 0.1) is 19.3 Å². The van der Waals surface area contributed by atoms with E-state index in [1.165, 1.54) is 12.8 Å². The molecule has 0 aromatic carbocycles. The van der Waals surface area contributed by atoms with Gasteiger partial charge in [0.25, 0.3) is 0 Å². The summed E-state index contributed by atoms with van der Waals surface area (Å²) in [5.74, 6) is 0. The van der Waals surface area contributed by atoms with E-state index >= 15 is 0 Å². The average Bonchev–Trinajstić information content (AvgIpc) is 2.25. The molecule has 0 aromatic rings. The first kappa shape index (κ1) is 11.9. The van der Waals surface area contributed by atoms with Gasteiger partial charge >= 0.3 is 0 Å². The SMILES string of the molecule is COCC(CCCN)N1CCCCO1. The van der Waals surface area contributed by atoms with Crippen LogP contribution in [0.2, 0.25) is 0 Å². The van der Waals surface area contributed by atoms with Gasteiger partial charge in [0.2, 0.25) is 0 Å². The number of nitrogens with zero attached hydrogens (tertiary/aromatic N) is 1. The summed E-state index contributed by atoms with van der Waals surface area (Å²) in [7, 11) is 1.74. The van der Waals surface area contributed by atoms with Crippen molar-refractivity contribution in [3.05, 3.63) is 0 Å². The molecule has 0 aliphatic carbocycles. The second-order valence-electron chi connectivity index (χ2n) is 3.72. The predicted molar refractivity (Wildman–Crippen MR) is 55.8 cm³/mol. The zero-order chi connectivity index (χ0) is 10.2. The maximum absolute atomic E-state index is 5.60. The Morgan fingerprint density at radius 1 is 1.50 bits per heavy atom. The number of nitrogens with two attached hydrogens (primary N) is 1. The van der Waals surface area contributed by atoms with E-state index in [1.54, 1.807) is 7.11 Å². The lowest BCUT2D eigenvalue weighted by Gasteiger charge is -2.33. The van der Waals surface area contributed by atoms with Crippen LogP contribution in [0.1, 0.15) is 25.7 Å². The summed E-state index contributed by atoms with van der Waals surface area (Å²) in [6.45, 7) is 3.36. The van der Waals surface area contributed by atoms with Crippen LogP contribution >= 0.6 is 0 Å². The van der Waals surface area contributed by atoms with Crippen LogP contribution in [0.4, 0.5) is 0 Å². The van der Waals surface area contributed by atoms with Crippen LogP contribution in [0.15, 0.2) is 0 Å². The summed E-state index contributed by atoms with van der Waals surface area (Å²) < 4.78 is 5.19. The first-order chi connectivity index (χ1) is 6.88. The van der Waals surface area contributed by atoms with Gasteiger partial charge in [-0.2, -0.15) is 5.06 Å². The fourth-order valence-corrected chi connectivity index (χ4v) is 1.76. The van der Waals surface area contributed by atoms with Crippen molar-refractivity contribution in [2.24, 2.45) is 5.73 Å². The molecule has 0 amide bonds. The van der Waals surface area contributed by atoms with E-state index < -0.39 is 0 Å². The molecule has 4 nitrogen and oxygen atoms in total. The van der Waals surface area contributed by atoms with Crippen molar-refractivity contribution in [1.29, 1.82) is 0 Å². The van der Waals surface area contributed by atoms with E-state index in [0.29, 0.717) is 6.04 Å². The van der Waals surface area contributed by atoms with Crippen molar-refractivity contribution in [2.45, 2.75) is 31.7 Å². The zero-order valence-electron chi connectivity index (χ0n) is 9.08. The van der Waals surface area contributed by atoms with E-state index in [1.807, 2.05) is 0 Å². The maximum Gasteiger partial charge on any atom is 0.0685 e. The third-order valence-electron chi connectivity index (χ3n) is 2.54. The van der Waals surface area contributed by atoms with Crippen LogP contribution in [0.5, 0.6) is 0 Å². The van der Waals surface area contributed by atoms with Gasteiger partial charge < -0.3 is 10.5 Å². The number of ether oxygens (including phenoxy) is 1. The van der Waals surface area contributed by atoms with E-state index in [9.17, 15) is 0 Å². The normalized spacial score (nSPS) is 21.0. The Labute approximate surface area is 86.3 Å². The van der Waals surface area contributed by atoms with Gasteiger partial charge in [-0.15, -0.1) is 0 Å². The second-order valence-corrected chi connectivity index (χ2v) is 3.72. The molecule has 0 saturated carbocycles. The van der Waals surface area contributed by atoms with Crippen LogP contribution in [-0.2, 0) is 9.57 Å². The van der Waals surface area contributed by atoms with Crippen molar-refractivity contribution in [2.75, 3.05) is 33.4 Å². The van der Waals surface area contributed by atoms with Gasteiger partial charge in [-0.3, -0.25) is 4.84 Å². The van der Waals surface area contributed by atoms with Gasteiger partial charge in [0, 0.05) is 13.7 Å². The number of hydroxylamine groups is 2. The summed E-state index contributed by atoms with van der Waals surface area (Å²) in [6.07, 6.45) is 4.49. The minimum absolute atomic E-state index is 0.379. The third kappa shape index (κ3) is 3.92. The fourth-order valence-electron chi connectivity index (χ4n) is 1.76. The number of hydrogen-bond acceptors (Lipinski definition) is 4. The molecule has 1 atom stereocenters. The lowest BCUT2D eigenvalue weighted by atomic mass is 10.1. The summed E-state index contributed by atoms with van der Waals surface area (Å²) in [4.78, 5) is 5.60. The number of hydrogen-bond donors (Lipinski definition) is 1. The molecule has 1 rings (SSSR count). The lowest BCUT2D eigenvalue weighted by Crippen LogP contribution is -2.42. The van der Waals surface area contributed by atoms with E-state index in [2.05, 4.69) is 5.06 Å². The molecule has 1 unspecified atom stereocenters. The molecule has 4 heteroatoms.